The van der Waals surface area contributed by atoms with E-state index in [4.69, 9.17) is 0 Å². The maximum absolute atomic E-state index is 4.15. The fourth-order valence-electron chi connectivity index (χ4n) is 0.905. The number of rotatable bonds is 3. The Hall–Kier alpha value is -0.320. The van der Waals surface area contributed by atoms with Gasteiger partial charge in [0.15, 0.2) is 0 Å². The van der Waals surface area contributed by atoms with Gasteiger partial charge in [0.25, 0.3) is 0 Å². The van der Waals surface area contributed by atoms with Crippen LogP contribution in [0.3, 0.4) is 0 Å². The largest absolute Gasteiger partial charge is 0.336 e. The SMILES string of the molecule is C=C(C)C(C)Cn1cnc(I)c1. The first-order valence-corrected chi connectivity index (χ1v) is 5.00. The molecule has 1 aromatic heterocycles. The lowest BCUT2D eigenvalue weighted by Gasteiger charge is -2.10. The molecule has 0 saturated carbocycles. The molecule has 1 unspecified atom stereocenters. The van der Waals surface area contributed by atoms with E-state index < -0.39 is 0 Å². The highest BCUT2D eigenvalue weighted by Crippen LogP contribution is 2.10. The lowest BCUT2D eigenvalue weighted by Crippen LogP contribution is -2.06. The Morgan fingerprint density at radius 1 is 1.83 bits per heavy atom. The molecule has 0 aliphatic carbocycles. The smallest absolute Gasteiger partial charge is 0.119 e. The lowest BCUT2D eigenvalue weighted by molar-refractivity contribution is 0.546. The van der Waals surface area contributed by atoms with E-state index in [9.17, 15) is 0 Å². The van der Waals surface area contributed by atoms with Crippen molar-refractivity contribution < 1.29 is 0 Å². The molecule has 0 N–H and O–H groups in total. The Kier molecular flexibility index (Phi) is 3.31. The minimum atomic E-state index is 0.523. The zero-order chi connectivity index (χ0) is 9.14. The predicted molar refractivity (Wildman–Crippen MR) is 58.9 cm³/mol. The maximum Gasteiger partial charge on any atom is 0.119 e. The summed E-state index contributed by atoms with van der Waals surface area (Å²) in [6.45, 7) is 9.14. The van der Waals surface area contributed by atoms with Gasteiger partial charge >= 0.3 is 0 Å². The molecule has 3 heteroatoms. The Morgan fingerprint density at radius 2 is 2.50 bits per heavy atom. The molecule has 0 bridgehead atoms. The zero-order valence-electron chi connectivity index (χ0n) is 7.42. The minimum Gasteiger partial charge on any atom is -0.336 e. The number of imidazole rings is 1. The highest BCUT2D eigenvalue weighted by molar-refractivity contribution is 14.1. The van der Waals surface area contributed by atoms with Gasteiger partial charge in [-0.05, 0) is 35.4 Å². The van der Waals surface area contributed by atoms with Crippen LogP contribution in [0.1, 0.15) is 13.8 Å². The van der Waals surface area contributed by atoms with Crippen LogP contribution in [0.15, 0.2) is 24.7 Å². The third-order valence-electron chi connectivity index (χ3n) is 1.93. The third kappa shape index (κ3) is 2.62. The van der Waals surface area contributed by atoms with Crippen molar-refractivity contribution in [3.8, 4) is 0 Å². The molecule has 0 spiro atoms. The fourth-order valence-corrected chi connectivity index (χ4v) is 1.39. The third-order valence-corrected chi connectivity index (χ3v) is 2.48. The molecule has 66 valence electrons. The van der Waals surface area contributed by atoms with Crippen LogP contribution in [0.4, 0.5) is 0 Å². The summed E-state index contributed by atoms with van der Waals surface area (Å²) in [5.74, 6) is 0.523. The molecular weight excluding hydrogens is 263 g/mol. The van der Waals surface area contributed by atoms with Crippen LogP contribution in [-0.2, 0) is 6.54 Å². The van der Waals surface area contributed by atoms with Crippen LogP contribution in [0.25, 0.3) is 0 Å². The van der Waals surface area contributed by atoms with Gasteiger partial charge < -0.3 is 4.57 Å². The number of nitrogens with zero attached hydrogens (tertiary/aromatic N) is 2. The summed E-state index contributed by atoms with van der Waals surface area (Å²) >= 11 is 2.21. The summed E-state index contributed by atoms with van der Waals surface area (Å²) < 4.78 is 3.14. The molecule has 12 heavy (non-hydrogen) atoms. The monoisotopic (exact) mass is 276 g/mol. The van der Waals surface area contributed by atoms with Crippen LogP contribution in [-0.4, -0.2) is 9.55 Å². The molecule has 1 heterocycles. The van der Waals surface area contributed by atoms with E-state index in [0.717, 1.165) is 10.2 Å². The molecule has 2 nitrogen and oxygen atoms in total. The molecule has 0 aliphatic heterocycles. The molecule has 0 aromatic carbocycles. The number of halogens is 1. The van der Waals surface area contributed by atoms with E-state index in [2.05, 4.69) is 52.6 Å². The van der Waals surface area contributed by atoms with Crippen LogP contribution >= 0.6 is 22.6 Å². The molecule has 0 aliphatic rings. The Bertz CT molecular complexity index is 278. The molecule has 0 saturated heterocycles. The van der Waals surface area contributed by atoms with Crippen LogP contribution in [0.2, 0.25) is 0 Å². The van der Waals surface area contributed by atoms with Crippen molar-refractivity contribution in [2.75, 3.05) is 0 Å². The predicted octanol–water partition coefficient (Wildman–Crippen LogP) is 2.70. The van der Waals surface area contributed by atoms with Crippen molar-refractivity contribution >= 4 is 22.6 Å². The second-order valence-corrected chi connectivity index (χ2v) is 4.25. The molecule has 0 amide bonds. The van der Waals surface area contributed by atoms with Gasteiger partial charge in [-0.3, -0.25) is 0 Å². The second kappa shape index (κ2) is 4.07. The first-order chi connectivity index (χ1) is 5.59. The van der Waals surface area contributed by atoms with Crippen molar-refractivity contribution in [2.45, 2.75) is 20.4 Å². The highest BCUT2D eigenvalue weighted by atomic mass is 127. The Labute approximate surface area is 86.8 Å². The van der Waals surface area contributed by atoms with E-state index in [0.29, 0.717) is 5.92 Å². The topological polar surface area (TPSA) is 17.8 Å². The first-order valence-electron chi connectivity index (χ1n) is 3.92. The average Bonchev–Trinajstić information content (AvgIpc) is 2.35. The van der Waals surface area contributed by atoms with E-state index in [1.54, 1.807) is 0 Å². The summed E-state index contributed by atoms with van der Waals surface area (Å²) in [5, 5.41) is 0. The van der Waals surface area contributed by atoms with Crippen molar-refractivity contribution in [1.29, 1.82) is 0 Å². The maximum atomic E-state index is 4.15. The van der Waals surface area contributed by atoms with Crippen LogP contribution in [0, 0.1) is 9.62 Å². The van der Waals surface area contributed by atoms with Gasteiger partial charge in [-0.25, -0.2) is 4.98 Å². The molecular formula is C9H13IN2. The Balaban J connectivity index is 2.58. The van der Waals surface area contributed by atoms with Crippen LogP contribution in [0.5, 0.6) is 0 Å². The van der Waals surface area contributed by atoms with Crippen molar-refractivity contribution in [1.82, 2.24) is 9.55 Å². The number of allylic oxidation sites excluding steroid dienone is 1. The number of hydrogen-bond donors (Lipinski definition) is 0. The zero-order valence-corrected chi connectivity index (χ0v) is 9.58. The first kappa shape index (κ1) is 9.77. The lowest BCUT2D eigenvalue weighted by atomic mass is 10.1. The second-order valence-electron chi connectivity index (χ2n) is 3.14. The summed E-state index contributed by atoms with van der Waals surface area (Å²) in [4.78, 5) is 4.15. The Morgan fingerprint density at radius 3 is 2.92 bits per heavy atom. The highest BCUT2D eigenvalue weighted by Gasteiger charge is 2.03. The van der Waals surface area contributed by atoms with E-state index in [1.807, 2.05) is 12.5 Å². The van der Waals surface area contributed by atoms with Gasteiger partial charge in [-0.1, -0.05) is 19.1 Å². The van der Waals surface area contributed by atoms with E-state index >= 15 is 0 Å². The molecule has 0 fully saturated rings. The van der Waals surface area contributed by atoms with Gasteiger partial charge in [-0.15, -0.1) is 0 Å². The number of aromatic nitrogens is 2. The quantitative estimate of drug-likeness (QED) is 0.613. The minimum absolute atomic E-state index is 0.523. The molecule has 1 rings (SSSR count). The van der Waals surface area contributed by atoms with E-state index in [1.165, 1.54) is 5.57 Å². The summed E-state index contributed by atoms with van der Waals surface area (Å²) in [7, 11) is 0. The van der Waals surface area contributed by atoms with Crippen molar-refractivity contribution in [3.05, 3.63) is 28.4 Å². The van der Waals surface area contributed by atoms with Crippen molar-refractivity contribution in [2.24, 2.45) is 5.92 Å². The van der Waals surface area contributed by atoms with Gasteiger partial charge in [0, 0.05) is 12.7 Å². The summed E-state index contributed by atoms with van der Waals surface area (Å²) in [6, 6.07) is 0. The normalized spacial score (nSPS) is 12.9. The van der Waals surface area contributed by atoms with Gasteiger partial charge in [0.05, 0.1) is 6.33 Å². The number of hydrogen-bond acceptors (Lipinski definition) is 1. The average molecular weight is 276 g/mol. The molecule has 1 aromatic rings. The fraction of sp³-hybridized carbons (Fsp3) is 0.444. The summed E-state index contributed by atoms with van der Waals surface area (Å²) in [5.41, 5.74) is 1.22. The van der Waals surface area contributed by atoms with Crippen molar-refractivity contribution in [3.63, 3.8) is 0 Å². The standard InChI is InChI=1S/C9H13IN2/c1-7(2)8(3)4-12-5-9(10)11-6-12/h5-6,8H,1,4H2,2-3H3. The summed E-state index contributed by atoms with van der Waals surface area (Å²) in [6.07, 6.45) is 3.90. The van der Waals surface area contributed by atoms with Crippen LogP contribution < -0.4 is 0 Å². The molecule has 0 radical (unpaired) electrons. The van der Waals surface area contributed by atoms with E-state index in [-0.39, 0.29) is 0 Å². The van der Waals surface area contributed by atoms with Gasteiger partial charge in [-0.2, -0.15) is 0 Å². The van der Waals surface area contributed by atoms with Gasteiger partial charge in [0.1, 0.15) is 3.70 Å². The van der Waals surface area contributed by atoms with Gasteiger partial charge in [0.2, 0.25) is 0 Å². The molecule has 1 atom stereocenters.